The molecule has 0 aromatic heterocycles. The van der Waals surface area contributed by atoms with Crippen LogP contribution in [0.25, 0.3) is 0 Å². The highest BCUT2D eigenvalue weighted by molar-refractivity contribution is 6.30. The Morgan fingerprint density at radius 3 is 2.52 bits per heavy atom. The van der Waals surface area contributed by atoms with Gasteiger partial charge in [-0.2, -0.15) is 0 Å². The molecule has 110 valence electrons. The molecule has 0 fully saturated rings. The summed E-state index contributed by atoms with van der Waals surface area (Å²) < 4.78 is 5.51. The van der Waals surface area contributed by atoms with E-state index in [0.717, 1.165) is 5.56 Å². The number of halogens is 1. The van der Waals surface area contributed by atoms with E-state index in [2.05, 4.69) is 0 Å². The fourth-order valence-electron chi connectivity index (χ4n) is 1.84. The van der Waals surface area contributed by atoms with E-state index in [4.69, 9.17) is 16.3 Å². The van der Waals surface area contributed by atoms with Crippen LogP contribution < -0.4 is 4.74 Å². The van der Waals surface area contributed by atoms with E-state index in [1.165, 1.54) is 18.2 Å². The summed E-state index contributed by atoms with van der Waals surface area (Å²) in [5, 5.41) is 21.0. The second-order valence-corrected chi connectivity index (χ2v) is 4.90. The molecule has 0 aliphatic rings. The molecule has 0 heterocycles. The van der Waals surface area contributed by atoms with Gasteiger partial charge >= 0.3 is 5.69 Å². The van der Waals surface area contributed by atoms with Gasteiger partial charge in [0.2, 0.25) is 5.75 Å². The number of benzene rings is 2. The maximum absolute atomic E-state index is 11.0. The van der Waals surface area contributed by atoms with Gasteiger partial charge < -0.3 is 9.84 Å². The highest BCUT2D eigenvalue weighted by atomic mass is 35.5. The van der Waals surface area contributed by atoms with Gasteiger partial charge in [-0.1, -0.05) is 30.7 Å². The molecule has 0 aliphatic heterocycles. The molecule has 5 nitrogen and oxygen atoms in total. The summed E-state index contributed by atoms with van der Waals surface area (Å²) in [5.74, 6) is 0.517. The zero-order valence-electron chi connectivity index (χ0n) is 11.3. The first kappa shape index (κ1) is 15.3. The molecule has 0 radical (unpaired) electrons. The molecule has 0 saturated heterocycles. The number of aliphatic hydroxyl groups is 1. The van der Waals surface area contributed by atoms with Gasteiger partial charge in [0.1, 0.15) is 5.75 Å². The largest absolute Gasteiger partial charge is 0.450 e. The van der Waals surface area contributed by atoms with Crippen molar-refractivity contribution in [3.05, 3.63) is 63.2 Å². The van der Waals surface area contributed by atoms with Crippen LogP contribution >= 0.6 is 11.6 Å². The van der Waals surface area contributed by atoms with Crippen molar-refractivity contribution in [2.24, 2.45) is 0 Å². The molecule has 0 aliphatic carbocycles. The van der Waals surface area contributed by atoms with E-state index in [-0.39, 0.29) is 11.4 Å². The predicted molar refractivity (Wildman–Crippen MR) is 79.9 cm³/mol. The summed E-state index contributed by atoms with van der Waals surface area (Å²) in [6, 6.07) is 10.9. The van der Waals surface area contributed by atoms with Crippen molar-refractivity contribution in [2.45, 2.75) is 19.4 Å². The minimum atomic E-state index is -0.528. The fourth-order valence-corrected chi connectivity index (χ4v) is 2.00. The molecule has 21 heavy (non-hydrogen) atoms. The lowest BCUT2D eigenvalue weighted by Gasteiger charge is -2.10. The number of aliphatic hydroxyl groups excluding tert-OH is 1. The highest BCUT2D eigenvalue weighted by Crippen LogP contribution is 2.34. The summed E-state index contributed by atoms with van der Waals surface area (Å²) in [6.45, 7) is 1.88. The number of nitro groups is 1. The lowest BCUT2D eigenvalue weighted by molar-refractivity contribution is -0.385. The molecular weight excluding hydrogens is 294 g/mol. The van der Waals surface area contributed by atoms with Gasteiger partial charge in [-0.3, -0.25) is 10.1 Å². The molecule has 0 spiro atoms. The summed E-state index contributed by atoms with van der Waals surface area (Å²) in [6.07, 6.45) is 0.0829. The topological polar surface area (TPSA) is 72.6 Å². The Hall–Kier alpha value is -2.11. The van der Waals surface area contributed by atoms with Gasteiger partial charge in [0.25, 0.3) is 0 Å². The van der Waals surface area contributed by atoms with Crippen LogP contribution in [-0.4, -0.2) is 10.0 Å². The number of hydrogen-bond donors (Lipinski definition) is 1. The van der Waals surface area contributed by atoms with Gasteiger partial charge in [-0.05, 0) is 30.2 Å². The van der Waals surface area contributed by atoms with Gasteiger partial charge in [-0.25, -0.2) is 0 Å². The van der Waals surface area contributed by atoms with E-state index >= 15 is 0 Å². The van der Waals surface area contributed by atoms with E-state index in [9.17, 15) is 15.2 Å². The van der Waals surface area contributed by atoms with Crippen LogP contribution in [0.15, 0.2) is 42.5 Å². The second kappa shape index (κ2) is 6.56. The Bertz CT molecular complexity index is 643. The van der Waals surface area contributed by atoms with Gasteiger partial charge in [0, 0.05) is 17.2 Å². The number of nitrogens with zero attached hydrogens (tertiary/aromatic N) is 1. The third-order valence-electron chi connectivity index (χ3n) is 3.00. The molecule has 2 aromatic carbocycles. The Morgan fingerprint density at radius 1 is 1.29 bits per heavy atom. The standard InChI is InChI=1S/C15H14ClNO4/c1-2-14(18)10-3-6-12(7-4-10)21-15-9-11(16)5-8-13(15)17(19)20/h3-9,14,18H,2H2,1H3. The molecule has 0 saturated carbocycles. The molecule has 2 rings (SSSR count). The Balaban J connectivity index is 2.26. The zero-order chi connectivity index (χ0) is 15.4. The second-order valence-electron chi connectivity index (χ2n) is 4.46. The average molecular weight is 308 g/mol. The fraction of sp³-hybridized carbons (Fsp3) is 0.200. The van der Waals surface area contributed by atoms with Gasteiger partial charge in [0.05, 0.1) is 11.0 Å². The van der Waals surface area contributed by atoms with E-state index in [1.807, 2.05) is 6.92 Å². The molecule has 0 bridgehead atoms. The zero-order valence-corrected chi connectivity index (χ0v) is 12.1. The van der Waals surface area contributed by atoms with E-state index in [1.54, 1.807) is 24.3 Å². The lowest BCUT2D eigenvalue weighted by Crippen LogP contribution is -1.96. The maximum atomic E-state index is 11.0. The van der Waals surface area contributed by atoms with Gasteiger partial charge in [-0.15, -0.1) is 0 Å². The monoisotopic (exact) mass is 307 g/mol. The van der Waals surface area contributed by atoms with Gasteiger partial charge in [0.15, 0.2) is 0 Å². The maximum Gasteiger partial charge on any atom is 0.311 e. The van der Waals surface area contributed by atoms with Crippen molar-refractivity contribution in [3.63, 3.8) is 0 Å². The van der Waals surface area contributed by atoms with Crippen molar-refractivity contribution in [1.82, 2.24) is 0 Å². The lowest BCUT2D eigenvalue weighted by atomic mass is 10.1. The molecule has 6 heteroatoms. The normalized spacial score (nSPS) is 12.0. The highest BCUT2D eigenvalue weighted by Gasteiger charge is 2.16. The van der Waals surface area contributed by atoms with Crippen LogP contribution in [0.3, 0.4) is 0 Å². The van der Waals surface area contributed by atoms with E-state index < -0.39 is 11.0 Å². The Kier molecular flexibility index (Phi) is 4.77. The third-order valence-corrected chi connectivity index (χ3v) is 3.23. The first-order valence-corrected chi connectivity index (χ1v) is 6.79. The number of rotatable bonds is 5. The smallest absolute Gasteiger partial charge is 0.311 e. The van der Waals surface area contributed by atoms with Crippen LogP contribution in [0, 0.1) is 10.1 Å². The van der Waals surface area contributed by atoms with Crippen molar-refractivity contribution in [1.29, 1.82) is 0 Å². The predicted octanol–water partition coefficient (Wildman–Crippen LogP) is 4.48. The quantitative estimate of drug-likeness (QED) is 0.652. The van der Waals surface area contributed by atoms with E-state index in [0.29, 0.717) is 17.2 Å². The van der Waals surface area contributed by atoms with Crippen LogP contribution in [0.5, 0.6) is 11.5 Å². The number of nitro benzene ring substituents is 1. The molecular formula is C15H14ClNO4. The van der Waals surface area contributed by atoms with Crippen LogP contribution in [0.2, 0.25) is 5.02 Å². The van der Waals surface area contributed by atoms with Crippen molar-refractivity contribution >= 4 is 17.3 Å². The third kappa shape index (κ3) is 3.71. The first-order valence-electron chi connectivity index (χ1n) is 6.41. The molecule has 1 atom stereocenters. The first-order chi connectivity index (χ1) is 10.0. The van der Waals surface area contributed by atoms with Crippen molar-refractivity contribution < 1.29 is 14.8 Å². The number of hydrogen-bond acceptors (Lipinski definition) is 4. The average Bonchev–Trinajstić information content (AvgIpc) is 2.47. The van der Waals surface area contributed by atoms with Crippen molar-refractivity contribution in [2.75, 3.05) is 0 Å². The Morgan fingerprint density at radius 2 is 1.95 bits per heavy atom. The summed E-state index contributed by atoms with van der Waals surface area (Å²) in [4.78, 5) is 10.4. The molecule has 1 N–H and O–H groups in total. The summed E-state index contributed by atoms with van der Waals surface area (Å²) >= 11 is 5.84. The Labute approximate surface area is 126 Å². The molecule has 2 aromatic rings. The summed E-state index contributed by atoms with van der Waals surface area (Å²) in [7, 11) is 0. The minimum Gasteiger partial charge on any atom is -0.450 e. The van der Waals surface area contributed by atoms with Crippen LogP contribution in [-0.2, 0) is 0 Å². The van der Waals surface area contributed by atoms with Crippen LogP contribution in [0.1, 0.15) is 25.0 Å². The molecule has 0 amide bonds. The number of ether oxygens (including phenoxy) is 1. The molecule has 1 unspecified atom stereocenters. The minimum absolute atomic E-state index is 0.0799. The SMILES string of the molecule is CCC(O)c1ccc(Oc2cc(Cl)ccc2[N+](=O)[O-])cc1. The van der Waals surface area contributed by atoms with Crippen LogP contribution in [0.4, 0.5) is 5.69 Å². The van der Waals surface area contributed by atoms with Crippen molar-refractivity contribution in [3.8, 4) is 11.5 Å². The summed E-state index contributed by atoms with van der Waals surface area (Å²) in [5.41, 5.74) is 0.613.